The first-order chi connectivity index (χ1) is 6.72. The summed E-state index contributed by atoms with van der Waals surface area (Å²) >= 11 is 0. The van der Waals surface area contributed by atoms with Gasteiger partial charge in [0.25, 0.3) is 0 Å². The van der Waals surface area contributed by atoms with Crippen molar-refractivity contribution >= 4 is 6.34 Å². The van der Waals surface area contributed by atoms with Gasteiger partial charge in [-0.3, -0.25) is 4.99 Å². The summed E-state index contributed by atoms with van der Waals surface area (Å²) in [5.74, 6) is 0. The first kappa shape index (κ1) is 9.97. The Morgan fingerprint density at radius 1 is 1.43 bits per heavy atom. The molecule has 0 amide bonds. The van der Waals surface area contributed by atoms with Crippen LogP contribution in [-0.4, -0.2) is 42.5 Å². The van der Waals surface area contributed by atoms with Gasteiger partial charge in [0, 0.05) is 12.1 Å². The van der Waals surface area contributed by atoms with Gasteiger partial charge in [-0.05, 0) is 40.2 Å². The number of rotatable bonds is 2. The zero-order chi connectivity index (χ0) is 10.1. The number of aliphatic imine (C=N–C) groups is 1. The van der Waals surface area contributed by atoms with Gasteiger partial charge in [-0.25, -0.2) is 0 Å². The highest BCUT2D eigenvalue weighted by Gasteiger charge is 2.36. The van der Waals surface area contributed by atoms with Gasteiger partial charge < -0.3 is 10.2 Å². The summed E-state index contributed by atoms with van der Waals surface area (Å²) in [6, 6.07) is 2.50. The van der Waals surface area contributed by atoms with Crippen molar-refractivity contribution in [3.05, 3.63) is 0 Å². The van der Waals surface area contributed by atoms with Crippen molar-refractivity contribution in [3.63, 3.8) is 0 Å². The van der Waals surface area contributed by atoms with Crippen molar-refractivity contribution in [2.24, 2.45) is 4.99 Å². The first-order valence-electron chi connectivity index (χ1n) is 5.70. The minimum atomic E-state index is 0.545. The predicted octanol–water partition coefficient (Wildman–Crippen LogP) is 1.25. The zero-order valence-electron chi connectivity index (χ0n) is 9.40. The summed E-state index contributed by atoms with van der Waals surface area (Å²) in [6.07, 6.45) is 5.86. The molecular formula is C11H21N3. The maximum absolute atomic E-state index is 4.62. The van der Waals surface area contributed by atoms with E-state index in [1.54, 1.807) is 0 Å². The molecule has 3 heteroatoms. The summed E-state index contributed by atoms with van der Waals surface area (Å²) in [6.45, 7) is 4.50. The minimum Gasteiger partial charge on any atom is -0.355 e. The smallest absolute Gasteiger partial charge is 0.0859 e. The van der Waals surface area contributed by atoms with Crippen molar-refractivity contribution in [2.45, 2.75) is 57.3 Å². The molecule has 0 spiro atoms. The van der Waals surface area contributed by atoms with Gasteiger partial charge in [-0.2, -0.15) is 0 Å². The van der Waals surface area contributed by atoms with Crippen LogP contribution in [0.15, 0.2) is 4.99 Å². The van der Waals surface area contributed by atoms with Crippen LogP contribution >= 0.6 is 0 Å². The van der Waals surface area contributed by atoms with Crippen LogP contribution in [0.5, 0.6) is 0 Å². The number of nitrogens with one attached hydrogen (secondary N) is 1. The van der Waals surface area contributed by atoms with Crippen molar-refractivity contribution < 1.29 is 0 Å². The van der Waals surface area contributed by atoms with Crippen LogP contribution in [-0.2, 0) is 0 Å². The van der Waals surface area contributed by atoms with Crippen LogP contribution in [0.25, 0.3) is 0 Å². The van der Waals surface area contributed by atoms with E-state index < -0.39 is 0 Å². The molecule has 2 aliphatic rings. The van der Waals surface area contributed by atoms with Crippen molar-refractivity contribution in [3.8, 4) is 0 Å². The Kier molecular flexibility index (Phi) is 2.77. The molecule has 80 valence electrons. The van der Waals surface area contributed by atoms with E-state index in [4.69, 9.17) is 0 Å². The summed E-state index contributed by atoms with van der Waals surface area (Å²) < 4.78 is 0. The van der Waals surface area contributed by atoms with Crippen LogP contribution in [0, 0.1) is 0 Å². The summed E-state index contributed by atoms with van der Waals surface area (Å²) in [4.78, 5) is 7.05. The number of nitrogens with zero attached hydrogens (tertiary/aromatic N) is 2. The fourth-order valence-electron chi connectivity index (χ4n) is 2.67. The van der Waals surface area contributed by atoms with E-state index in [9.17, 15) is 0 Å². The Hall–Kier alpha value is -0.570. The van der Waals surface area contributed by atoms with Gasteiger partial charge in [0.2, 0.25) is 0 Å². The Morgan fingerprint density at radius 2 is 2.21 bits per heavy atom. The quantitative estimate of drug-likeness (QED) is 0.718. The molecule has 3 atom stereocenters. The van der Waals surface area contributed by atoms with E-state index in [-0.39, 0.29) is 0 Å². The highest BCUT2D eigenvalue weighted by molar-refractivity contribution is 5.59. The van der Waals surface area contributed by atoms with Gasteiger partial charge in [-0.15, -0.1) is 0 Å². The van der Waals surface area contributed by atoms with Crippen molar-refractivity contribution in [2.75, 3.05) is 7.05 Å². The standard InChI is InChI=1S/C11H21N3/c1-8(2)14-7-13-10-6-9(12-3)4-5-11(10)14/h7-12H,4-6H2,1-3H3. The van der Waals surface area contributed by atoms with Crippen molar-refractivity contribution in [1.29, 1.82) is 0 Å². The molecular weight excluding hydrogens is 174 g/mol. The summed E-state index contributed by atoms with van der Waals surface area (Å²) in [7, 11) is 2.06. The molecule has 1 heterocycles. The Bertz CT molecular complexity index is 225. The SMILES string of the molecule is CNC1CCC2C(C1)N=CN2C(C)C. The topological polar surface area (TPSA) is 27.6 Å². The molecule has 0 aromatic heterocycles. The van der Waals surface area contributed by atoms with Gasteiger partial charge in [-0.1, -0.05) is 0 Å². The molecule has 3 nitrogen and oxygen atoms in total. The second-order valence-electron chi connectivity index (χ2n) is 4.74. The fraction of sp³-hybridized carbons (Fsp3) is 0.909. The van der Waals surface area contributed by atoms with Crippen LogP contribution < -0.4 is 5.32 Å². The molecule has 0 aromatic rings. The van der Waals surface area contributed by atoms with Crippen molar-refractivity contribution in [1.82, 2.24) is 10.2 Å². The molecule has 2 rings (SSSR count). The van der Waals surface area contributed by atoms with Gasteiger partial charge in [0.1, 0.15) is 0 Å². The van der Waals surface area contributed by atoms with E-state index in [2.05, 4.69) is 42.4 Å². The maximum Gasteiger partial charge on any atom is 0.0859 e. The average molecular weight is 195 g/mol. The van der Waals surface area contributed by atoms with E-state index in [0.717, 1.165) is 0 Å². The Labute approximate surface area is 86.6 Å². The van der Waals surface area contributed by atoms with E-state index in [1.165, 1.54) is 19.3 Å². The number of fused-ring (bicyclic) bond motifs is 1. The molecule has 1 aliphatic heterocycles. The molecule has 0 bridgehead atoms. The molecule has 0 radical (unpaired) electrons. The lowest BCUT2D eigenvalue weighted by molar-refractivity contribution is 0.197. The van der Waals surface area contributed by atoms with Gasteiger partial charge >= 0.3 is 0 Å². The highest BCUT2D eigenvalue weighted by Crippen LogP contribution is 2.29. The molecule has 1 N–H and O–H groups in total. The third kappa shape index (κ3) is 1.65. The third-order valence-electron chi connectivity index (χ3n) is 3.56. The van der Waals surface area contributed by atoms with E-state index in [0.29, 0.717) is 24.2 Å². The lowest BCUT2D eigenvalue weighted by atomic mass is 9.87. The third-order valence-corrected chi connectivity index (χ3v) is 3.56. The van der Waals surface area contributed by atoms with Gasteiger partial charge in [0.05, 0.1) is 18.4 Å². The lowest BCUT2D eigenvalue weighted by Gasteiger charge is -2.37. The Morgan fingerprint density at radius 3 is 2.86 bits per heavy atom. The highest BCUT2D eigenvalue weighted by atomic mass is 15.3. The Balaban J connectivity index is 2.00. The molecule has 1 aliphatic carbocycles. The first-order valence-corrected chi connectivity index (χ1v) is 5.70. The van der Waals surface area contributed by atoms with Crippen LogP contribution in [0.2, 0.25) is 0 Å². The van der Waals surface area contributed by atoms with Crippen LogP contribution in [0.4, 0.5) is 0 Å². The van der Waals surface area contributed by atoms with Gasteiger partial charge in [0.15, 0.2) is 0 Å². The molecule has 3 unspecified atom stereocenters. The summed E-state index contributed by atoms with van der Waals surface area (Å²) in [5.41, 5.74) is 0. The lowest BCUT2D eigenvalue weighted by Crippen LogP contribution is -2.47. The zero-order valence-corrected chi connectivity index (χ0v) is 9.40. The fourth-order valence-corrected chi connectivity index (χ4v) is 2.67. The number of hydrogen-bond acceptors (Lipinski definition) is 3. The number of hydrogen-bond donors (Lipinski definition) is 1. The average Bonchev–Trinajstić information content (AvgIpc) is 2.59. The van der Waals surface area contributed by atoms with Crippen LogP contribution in [0.1, 0.15) is 33.1 Å². The second kappa shape index (κ2) is 3.89. The maximum atomic E-state index is 4.62. The van der Waals surface area contributed by atoms with E-state index >= 15 is 0 Å². The normalized spacial score (nSPS) is 36.6. The summed E-state index contributed by atoms with van der Waals surface area (Å²) in [5, 5.41) is 3.37. The predicted molar refractivity (Wildman–Crippen MR) is 59.7 cm³/mol. The monoisotopic (exact) mass is 195 g/mol. The largest absolute Gasteiger partial charge is 0.355 e. The van der Waals surface area contributed by atoms with Crippen LogP contribution in [0.3, 0.4) is 0 Å². The minimum absolute atomic E-state index is 0.545. The molecule has 1 fully saturated rings. The van der Waals surface area contributed by atoms with E-state index in [1.807, 2.05) is 0 Å². The molecule has 0 aromatic carbocycles. The second-order valence-corrected chi connectivity index (χ2v) is 4.74. The molecule has 1 saturated carbocycles. The molecule has 14 heavy (non-hydrogen) atoms. The molecule has 0 saturated heterocycles.